The molecule has 2 aliphatic rings. The van der Waals surface area contributed by atoms with Crippen molar-refractivity contribution < 1.29 is 13.2 Å². The van der Waals surface area contributed by atoms with Gasteiger partial charge in [0.2, 0.25) is 0 Å². The van der Waals surface area contributed by atoms with Crippen molar-refractivity contribution in [1.29, 1.82) is 0 Å². The summed E-state index contributed by atoms with van der Waals surface area (Å²) in [4.78, 5) is 0. The van der Waals surface area contributed by atoms with Crippen LogP contribution in [0.1, 0.15) is 132 Å². The van der Waals surface area contributed by atoms with E-state index in [0.717, 1.165) is 36.2 Å². The lowest BCUT2D eigenvalue weighted by Gasteiger charge is -2.32. The molecule has 0 nitrogen and oxygen atoms in total. The van der Waals surface area contributed by atoms with Crippen LogP contribution in [-0.2, 0) is 12.8 Å². The van der Waals surface area contributed by atoms with E-state index in [1.807, 2.05) is 6.07 Å². The molecule has 4 rings (SSSR count). The smallest absolute Gasteiger partial charge is 0.145 e. The lowest BCUT2D eigenvalue weighted by Crippen LogP contribution is -2.18. The maximum atomic E-state index is 14.9. The van der Waals surface area contributed by atoms with Gasteiger partial charge in [-0.3, -0.25) is 0 Å². The highest BCUT2D eigenvalue weighted by Gasteiger charge is 2.26. The first-order valence-corrected chi connectivity index (χ1v) is 16.2. The molecule has 0 radical (unpaired) electrons. The Hall–Kier alpha value is -1.48. The topological polar surface area (TPSA) is 0 Å². The molecule has 0 heterocycles. The van der Waals surface area contributed by atoms with Crippen LogP contribution in [0.3, 0.4) is 0 Å². The number of hydrogen-bond donors (Lipinski definition) is 0. The first kappa shape index (κ1) is 30.5. The van der Waals surface area contributed by atoms with Crippen LogP contribution in [0.15, 0.2) is 30.3 Å². The number of unbranched alkanes of at least 4 members (excludes halogenated alkanes) is 4. The first-order chi connectivity index (χ1) is 18.9. The van der Waals surface area contributed by atoms with Crippen LogP contribution in [0.25, 0.3) is 0 Å². The van der Waals surface area contributed by atoms with E-state index in [0.29, 0.717) is 29.9 Å². The van der Waals surface area contributed by atoms with Crippen LogP contribution in [0, 0.1) is 35.2 Å². The Balaban J connectivity index is 1.14. The summed E-state index contributed by atoms with van der Waals surface area (Å²) in [6, 6.07) is 8.09. The summed E-state index contributed by atoms with van der Waals surface area (Å²) in [7, 11) is 0. The van der Waals surface area contributed by atoms with Gasteiger partial charge in [-0.05, 0) is 97.1 Å². The Labute approximate surface area is 240 Å². The normalized spacial score (nSPS) is 23.7. The Morgan fingerprint density at radius 3 is 1.79 bits per heavy atom. The van der Waals surface area contributed by atoms with Crippen LogP contribution in [0.4, 0.5) is 13.2 Å². The number of hydrogen-bond acceptors (Lipinski definition) is 0. The monoisotopic (exact) mass is 560 g/mol. The van der Waals surface area contributed by atoms with Crippen molar-refractivity contribution in [1.82, 2.24) is 0 Å². The molecule has 2 aromatic carbocycles. The summed E-state index contributed by atoms with van der Waals surface area (Å²) in [5.41, 5.74) is 2.18. The van der Waals surface area contributed by atoms with Crippen molar-refractivity contribution in [2.24, 2.45) is 17.8 Å². The van der Waals surface area contributed by atoms with E-state index in [2.05, 4.69) is 13.0 Å². The molecule has 0 aliphatic heterocycles. The van der Waals surface area contributed by atoms with Crippen LogP contribution in [0.2, 0.25) is 5.02 Å². The number of benzene rings is 2. The molecule has 0 N–H and O–H groups in total. The van der Waals surface area contributed by atoms with Gasteiger partial charge in [-0.2, -0.15) is 0 Å². The summed E-state index contributed by atoms with van der Waals surface area (Å²) < 4.78 is 42.3. The highest BCUT2D eigenvalue weighted by molar-refractivity contribution is 6.30. The fourth-order valence-electron chi connectivity index (χ4n) is 7.15. The molecule has 4 heteroatoms. The third-order valence-corrected chi connectivity index (χ3v) is 10.1. The molecule has 39 heavy (non-hydrogen) atoms. The second kappa shape index (κ2) is 15.5. The van der Waals surface area contributed by atoms with Crippen LogP contribution in [0.5, 0.6) is 0 Å². The maximum absolute atomic E-state index is 14.9. The SMILES string of the molecule is CCCCCCC[C@H]1CC[C@H](CCC2CCC(c3ccc(CCc4cc(F)c(Cl)c(F)c4)c(F)c3)CC2)CC1. The van der Waals surface area contributed by atoms with E-state index in [4.69, 9.17) is 11.6 Å². The van der Waals surface area contributed by atoms with Crippen molar-refractivity contribution in [3.63, 3.8) is 0 Å². The summed E-state index contributed by atoms with van der Waals surface area (Å²) in [5.74, 6) is 1.47. The Morgan fingerprint density at radius 2 is 1.21 bits per heavy atom. The van der Waals surface area contributed by atoms with Gasteiger partial charge < -0.3 is 0 Å². The molecule has 0 aromatic heterocycles. The predicted octanol–water partition coefficient (Wildman–Crippen LogP) is 11.8. The molecule has 2 aromatic rings. The number of rotatable bonds is 13. The van der Waals surface area contributed by atoms with Gasteiger partial charge in [0.15, 0.2) is 0 Å². The third-order valence-electron chi connectivity index (χ3n) is 9.79. The van der Waals surface area contributed by atoms with Gasteiger partial charge >= 0.3 is 0 Å². The van der Waals surface area contributed by atoms with Crippen molar-refractivity contribution in [2.45, 2.75) is 128 Å². The van der Waals surface area contributed by atoms with Gasteiger partial charge in [0, 0.05) is 0 Å². The van der Waals surface area contributed by atoms with Crippen LogP contribution >= 0.6 is 11.6 Å². The molecule has 2 aliphatic carbocycles. The molecule has 2 fully saturated rings. The molecule has 0 unspecified atom stereocenters. The minimum atomic E-state index is -0.769. The standard InChI is InChI=1S/C35H48ClF3/c1-2-3-4-5-6-7-25-8-10-26(11-9-25)12-13-27-14-17-29(18-15-27)31-21-20-30(32(37)24-31)19-16-28-22-33(38)35(36)34(39)23-28/h20-27,29H,2-19H2,1H3/t25-,26-,27?,29?. The van der Waals surface area contributed by atoms with E-state index in [-0.39, 0.29) is 5.82 Å². The van der Waals surface area contributed by atoms with Crippen molar-refractivity contribution in [2.75, 3.05) is 0 Å². The van der Waals surface area contributed by atoms with Crippen molar-refractivity contribution in [3.8, 4) is 0 Å². The molecule has 216 valence electrons. The van der Waals surface area contributed by atoms with Gasteiger partial charge in [-0.1, -0.05) is 108 Å². The zero-order chi connectivity index (χ0) is 27.6. The van der Waals surface area contributed by atoms with E-state index in [9.17, 15) is 13.2 Å². The molecule has 2 saturated carbocycles. The highest BCUT2D eigenvalue weighted by Crippen LogP contribution is 2.40. The highest BCUT2D eigenvalue weighted by atomic mass is 35.5. The molecule has 0 atom stereocenters. The van der Waals surface area contributed by atoms with Crippen molar-refractivity contribution in [3.05, 3.63) is 69.5 Å². The van der Waals surface area contributed by atoms with E-state index >= 15 is 0 Å². The second-order valence-electron chi connectivity index (χ2n) is 12.6. The number of halogens is 4. The molecular weight excluding hydrogens is 513 g/mol. The molecule has 0 spiro atoms. The van der Waals surface area contributed by atoms with Gasteiger partial charge in [-0.25, -0.2) is 13.2 Å². The predicted molar refractivity (Wildman–Crippen MR) is 158 cm³/mol. The van der Waals surface area contributed by atoms with Gasteiger partial charge in [0.1, 0.15) is 22.5 Å². The van der Waals surface area contributed by atoms with Crippen molar-refractivity contribution >= 4 is 11.6 Å². The molecule has 0 amide bonds. The quantitative estimate of drug-likeness (QED) is 0.169. The summed E-state index contributed by atoms with van der Waals surface area (Å²) in [5, 5.41) is -0.491. The fourth-order valence-corrected chi connectivity index (χ4v) is 7.26. The molecule has 0 bridgehead atoms. The minimum Gasteiger partial charge on any atom is -0.207 e. The second-order valence-corrected chi connectivity index (χ2v) is 13.0. The minimum absolute atomic E-state index is 0.207. The van der Waals surface area contributed by atoms with E-state index in [1.165, 1.54) is 102 Å². The van der Waals surface area contributed by atoms with Crippen LogP contribution < -0.4 is 0 Å². The zero-order valence-corrected chi connectivity index (χ0v) is 24.7. The lowest BCUT2D eigenvalue weighted by molar-refractivity contribution is 0.222. The molecular formula is C35H48ClF3. The van der Waals surface area contributed by atoms with Gasteiger partial charge in [0.25, 0.3) is 0 Å². The number of aryl methyl sites for hydroxylation is 2. The van der Waals surface area contributed by atoms with E-state index < -0.39 is 16.7 Å². The Morgan fingerprint density at radius 1 is 0.641 bits per heavy atom. The fraction of sp³-hybridized carbons (Fsp3) is 0.657. The average molecular weight is 561 g/mol. The zero-order valence-electron chi connectivity index (χ0n) is 23.9. The van der Waals surface area contributed by atoms with E-state index in [1.54, 1.807) is 6.07 Å². The lowest BCUT2D eigenvalue weighted by atomic mass is 9.74. The average Bonchev–Trinajstić information content (AvgIpc) is 2.95. The van der Waals surface area contributed by atoms with Crippen LogP contribution in [-0.4, -0.2) is 0 Å². The van der Waals surface area contributed by atoms with Gasteiger partial charge in [0.05, 0.1) is 0 Å². The Bertz CT molecular complexity index is 996. The van der Waals surface area contributed by atoms with Gasteiger partial charge in [-0.15, -0.1) is 0 Å². The first-order valence-electron chi connectivity index (χ1n) is 15.8. The molecule has 0 saturated heterocycles. The summed E-state index contributed by atoms with van der Waals surface area (Å²) in [6.07, 6.45) is 22.7. The third kappa shape index (κ3) is 9.27. The summed E-state index contributed by atoms with van der Waals surface area (Å²) >= 11 is 5.56. The summed E-state index contributed by atoms with van der Waals surface area (Å²) in [6.45, 7) is 2.29. The largest absolute Gasteiger partial charge is 0.207 e. The Kier molecular flexibility index (Phi) is 12.1. The maximum Gasteiger partial charge on any atom is 0.145 e.